The molecule has 0 spiro atoms. The third kappa shape index (κ3) is 1.76. The summed E-state index contributed by atoms with van der Waals surface area (Å²) in [6.45, 7) is 5.13. The van der Waals surface area contributed by atoms with E-state index in [0.717, 1.165) is 16.7 Å². The average Bonchev–Trinajstić information content (AvgIpc) is 2.65. The van der Waals surface area contributed by atoms with E-state index in [1.807, 2.05) is 11.7 Å². The first kappa shape index (κ1) is 11.6. The lowest BCUT2D eigenvalue weighted by Gasteiger charge is -2.11. The quantitative estimate of drug-likeness (QED) is 0.937. The molecule has 0 aliphatic rings. The topological polar surface area (TPSA) is 29.9 Å². The molecule has 0 bridgehead atoms. The Morgan fingerprint density at radius 1 is 1.50 bits per heavy atom. The first-order chi connectivity index (χ1) is 7.69. The van der Waals surface area contributed by atoms with Gasteiger partial charge in [-0.25, -0.2) is 0 Å². The molecule has 0 aliphatic heterocycles. The van der Waals surface area contributed by atoms with E-state index in [0.29, 0.717) is 6.04 Å². The minimum Gasteiger partial charge on any atom is -0.313 e. The molecule has 1 aromatic heterocycles. The Kier molecular flexibility index (Phi) is 3.30. The summed E-state index contributed by atoms with van der Waals surface area (Å²) in [5.74, 6) is 0. The number of aromatic nitrogens is 2. The standard InChI is InChI=1S/C12H16BrN3/c1-4-16-12(13)11-9(8(2)14-3)6-5-7-10(11)15-16/h5-8,14H,4H2,1-3H3. The number of rotatable bonds is 3. The van der Waals surface area contributed by atoms with Gasteiger partial charge in [0.2, 0.25) is 0 Å². The first-order valence-electron chi connectivity index (χ1n) is 5.51. The molecule has 1 unspecified atom stereocenters. The van der Waals surface area contributed by atoms with Crippen LogP contribution in [-0.2, 0) is 6.54 Å². The summed E-state index contributed by atoms with van der Waals surface area (Å²) >= 11 is 3.63. The number of nitrogens with zero attached hydrogens (tertiary/aromatic N) is 2. The Balaban J connectivity index is 2.70. The number of nitrogens with one attached hydrogen (secondary N) is 1. The van der Waals surface area contributed by atoms with Gasteiger partial charge in [0.1, 0.15) is 4.60 Å². The van der Waals surface area contributed by atoms with Crippen molar-refractivity contribution in [3.8, 4) is 0 Å². The molecule has 0 saturated heterocycles. The molecule has 4 heteroatoms. The van der Waals surface area contributed by atoms with Crippen LogP contribution >= 0.6 is 15.9 Å². The first-order valence-corrected chi connectivity index (χ1v) is 6.30. The van der Waals surface area contributed by atoms with Crippen LogP contribution in [0, 0.1) is 0 Å². The second-order valence-corrected chi connectivity index (χ2v) is 4.61. The van der Waals surface area contributed by atoms with E-state index in [9.17, 15) is 0 Å². The van der Waals surface area contributed by atoms with E-state index in [1.54, 1.807) is 0 Å². The smallest absolute Gasteiger partial charge is 0.112 e. The number of fused-ring (bicyclic) bond motifs is 1. The molecule has 0 saturated carbocycles. The Hall–Kier alpha value is -0.870. The molecule has 0 amide bonds. The van der Waals surface area contributed by atoms with E-state index in [2.05, 4.69) is 58.4 Å². The maximum atomic E-state index is 4.55. The van der Waals surface area contributed by atoms with Crippen molar-refractivity contribution in [1.82, 2.24) is 15.1 Å². The molecular formula is C12H16BrN3. The van der Waals surface area contributed by atoms with Gasteiger partial charge in [0.25, 0.3) is 0 Å². The van der Waals surface area contributed by atoms with Gasteiger partial charge >= 0.3 is 0 Å². The normalized spacial score (nSPS) is 13.2. The van der Waals surface area contributed by atoms with E-state index in [-0.39, 0.29) is 0 Å². The monoisotopic (exact) mass is 281 g/mol. The number of aryl methyl sites for hydroxylation is 1. The van der Waals surface area contributed by atoms with E-state index >= 15 is 0 Å². The van der Waals surface area contributed by atoms with Gasteiger partial charge in [-0.15, -0.1) is 0 Å². The summed E-state index contributed by atoms with van der Waals surface area (Å²) in [4.78, 5) is 0. The molecule has 0 radical (unpaired) electrons. The van der Waals surface area contributed by atoms with Gasteiger partial charge in [-0.2, -0.15) is 5.10 Å². The summed E-state index contributed by atoms with van der Waals surface area (Å²) < 4.78 is 3.05. The molecule has 0 aliphatic carbocycles. The van der Waals surface area contributed by atoms with E-state index < -0.39 is 0 Å². The fraction of sp³-hybridized carbons (Fsp3) is 0.417. The highest BCUT2D eigenvalue weighted by Gasteiger charge is 2.14. The maximum absolute atomic E-state index is 4.55. The largest absolute Gasteiger partial charge is 0.313 e. The lowest BCUT2D eigenvalue weighted by Crippen LogP contribution is -2.12. The van der Waals surface area contributed by atoms with Gasteiger partial charge in [-0.3, -0.25) is 4.68 Å². The highest BCUT2D eigenvalue weighted by Crippen LogP contribution is 2.30. The highest BCUT2D eigenvalue weighted by molar-refractivity contribution is 9.10. The summed E-state index contributed by atoms with van der Waals surface area (Å²) in [6.07, 6.45) is 0. The summed E-state index contributed by atoms with van der Waals surface area (Å²) in [7, 11) is 1.97. The van der Waals surface area contributed by atoms with Crippen molar-refractivity contribution < 1.29 is 0 Å². The fourth-order valence-electron chi connectivity index (χ4n) is 1.89. The average molecular weight is 282 g/mol. The van der Waals surface area contributed by atoms with Crippen molar-refractivity contribution in [3.05, 3.63) is 28.4 Å². The molecular weight excluding hydrogens is 266 g/mol. The third-order valence-corrected chi connectivity index (χ3v) is 3.74. The second-order valence-electron chi connectivity index (χ2n) is 3.86. The minimum atomic E-state index is 0.328. The van der Waals surface area contributed by atoms with Crippen molar-refractivity contribution in [2.24, 2.45) is 0 Å². The molecule has 86 valence electrons. The number of benzene rings is 1. The van der Waals surface area contributed by atoms with E-state index in [4.69, 9.17) is 0 Å². The van der Waals surface area contributed by atoms with Gasteiger partial charge in [-0.1, -0.05) is 12.1 Å². The molecule has 2 aromatic rings. The van der Waals surface area contributed by atoms with Crippen LogP contribution in [0.5, 0.6) is 0 Å². The van der Waals surface area contributed by atoms with Gasteiger partial charge < -0.3 is 5.32 Å². The van der Waals surface area contributed by atoms with Crippen LogP contribution in [0.3, 0.4) is 0 Å². The Morgan fingerprint density at radius 3 is 2.88 bits per heavy atom. The van der Waals surface area contributed by atoms with Crippen molar-refractivity contribution in [2.45, 2.75) is 26.4 Å². The Labute approximate surface area is 104 Å². The molecule has 1 aromatic carbocycles. The Bertz CT molecular complexity index is 504. The molecule has 0 fully saturated rings. The fourth-order valence-corrected chi connectivity index (χ4v) is 2.66. The molecule has 1 N–H and O–H groups in total. The molecule has 2 rings (SSSR count). The van der Waals surface area contributed by atoms with Gasteiger partial charge in [0.15, 0.2) is 0 Å². The summed E-state index contributed by atoms with van der Waals surface area (Å²) in [5.41, 5.74) is 2.33. The minimum absolute atomic E-state index is 0.328. The predicted octanol–water partition coefficient (Wildman–Crippen LogP) is 3.10. The maximum Gasteiger partial charge on any atom is 0.112 e. The molecule has 3 nitrogen and oxygen atoms in total. The summed E-state index contributed by atoms with van der Waals surface area (Å²) in [6, 6.07) is 6.59. The van der Waals surface area contributed by atoms with Crippen LogP contribution in [0.1, 0.15) is 25.5 Å². The zero-order valence-corrected chi connectivity index (χ0v) is 11.4. The van der Waals surface area contributed by atoms with Crippen molar-refractivity contribution in [2.75, 3.05) is 7.05 Å². The second kappa shape index (κ2) is 4.55. The van der Waals surface area contributed by atoms with Gasteiger partial charge in [0.05, 0.1) is 5.52 Å². The zero-order valence-electron chi connectivity index (χ0n) is 9.79. The van der Waals surface area contributed by atoms with Crippen LogP contribution in [0.15, 0.2) is 22.8 Å². The van der Waals surface area contributed by atoms with Crippen LogP contribution in [0.25, 0.3) is 10.9 Å². The molecule has 1 heterocycles. The van der Waals surface area contributed by atoms with Crippen LogP contribution in [0.4, 0.5) is 0 Å². The van der Waals surface area contributed by atoms with Crippen LogP contribution in [0.2, 0.25) is 0 Å². The van der Waals surface area contributed by atoms with Crippen LogP contribution < -0.4 is 5.32 Å². The number of hydrogen-bond donors (Lipinski definition) is 1. The van der Waals surface area contributed by atoms with Crippen molar-refractivity contribution in [3.63, 3.8) is 0 Å². The lowest BCUT2D eigenvalue weighted by molar-refractivity contribution is 0.648. The predicted molar refractivity (Wildman–Crippen MR) is 70.6 cm³/mol. The lowest BCUT2D eigenvalue weighted by atomic mass is 10.0. The van der Waals surface area contributed by atoms with E-state index in [1.165, 1.54) is 10.9 Å². The van der Waals surface area contributed by atoms with Gasteiger partial charge in [-0.05, 0) is 48.5 Å². The highest BCUT2D eigenvalue weighted by atomic mass is 79.9. The Morgan fingerprint density at radius 2 is 2.25 bits per heavy atom. The van der Waals surface area contributed by atoms with Crippen LogP contribution in [-0.4, -0.2) is 16.8 Å². The van der Waals surface area contributed by atoms with Crippen molar-refractivity contribution >= 4 is 26.8 Å². The zero-order chi connectivity index (χ0) is 11.7. The number of hydrogen-bond acceptors (Lipinski definition) is 2. The van der Waals surface area contributed by atoms with Gasteiger partial charge in [0, 0.05) is 18.0 Å². The van der Waals surface area contributed by atoms with Crippen molar-refractivity contribution in [1.29, 1.82) is 0 Å². The third-order valence-electron chi connectivity index (χ3n) is 2.94. The molecule has 16 heavy (non-hydrogen) atoms. The summed E-state index contributed by atoms with van der Waals surface area (Å²) in [5, 5.41) is 9.03. The molecule has 1 atom stereocenters. The number of halogens is 1. The SMILES string of the molecule is CCn1nc2cccc(C(C)NC)c2c1Br.